The van der Waals surface area contributed by atoms with Crippen LogP contribution >= 0.6 is 0 Å². The van der Waals surface area contributed by atoms with Gasteiger partial charge in [0.1, 0.15) is 5.58 Å². The Labute approximate surface area is 316 Å². The molecular weight excluding hydrogens is 824 g/mol. The van der Waals surface area contributed by atoms with Crippen molar-refractivity contribution in [2.75, 3.05) is 0 Å². The Morgan fingerprint density at radius 1 is 0.824 bits per heavy atom. The predicted octanol–water partition coefficient (Wildman–Crippen LogP) is 11.9. The molecule has 0 aliphatic heterocycles. The molecular formula is C45H45FIrN2OSi-2. The van der Waals surface area contributed by atoms with Gasteiger partial charge < -0.3 is 14.4 Å². The molecule has 0 amide bonds. The predicted molar refractivity (Wildman–Crippen MR) is 210 cm³/mol. The SMILES string of the molecule is CC(C)(C)Cc1cc(-c2[c-]cccc2)ncc1[Si](C)(C)C.Cc1cc(C)c(-c2ccnc(-c3[c-]cc(F)c4c3oc3ccccc34)c2)c(C)c1.[Ir]. The summed E-state index contributed by atoms with van der Waals surface area (Å²) in [6.45, 7) is 20.4. The first kappa shape index (κ1) is 38.0. The molecule has 0 bridgehead atoms. The summed E-state index contributed by atoms with van der Waals surface area (Å²) in [5.74, 6) is -0.338. The largest absolute Gasteiger partial charge is 0.500 e. The van der Waals surface area contributed by atoms with Crippen LogP contribution in [-0.4, -0.2) is 18.0 Å². The van der Waals surface area contributed by atoms with Crippen LogP contribution in [0, 0.1) is 44.1 Å². The molecule has 0 spiro atoms. The number of pyridine rings is 2. The topological polar surface area (TPSA) is 38.9 Å². The number of rotatable bonds is 5. The second-order valence-electron chi connectivity index (χ2n) is 15.5. The number of aryl methyl sites for hydroxylation is 3. The zero-order chi connectivity index (χ0) is 35.8. The maximum atomic E-state index is 14.6. The molecule has 7 aromatic rings. The van der Waals surface area contributed by atoms with Crippen LogP contribution in [-0.2, 0) is 26.5 Å². The minimum absolute atomic E-state index is 0. The van der Waals surface area contributed by atoms with E-state index in [0.29, 0.717) is 27.8 Å². The molecule has 0 unspecified atom stereocenters. The van der Waals surface area contributed by atoms with Gasteiger partial charge in [0, 0.05) is 43.7 Å². The van der Waals surface area contributed by atoms with Gasteiger partial charge in [-0.2, -0.15) is 0 Å². The number of hydrogen-bond donors (Lipinski definition) is 0. The van der Waals surface area contributed by atoms with E-state index in [2.05, 4.69) is 109 Å². The number of aromatic nitrogens is 2. The Kier molecular flexibility index (Phi) is 11.3. The molecule has 51 heavy (non-hydrogen) atoms. The smallest absolute Gasteiger partial charge is 0.121 e. The van der Waals surface area contributed by atoms with Crippen LogP contribution in [0.4, 0.5) is 4.39 Å². The van der Waals surface area contributed by atoms with Crippen molar-refractivity contribution in [1.82, 2.24) is 9.97 Å². The van der Waals surface area contributed by atoms with Crippen molar-refractivity contribution in [3.8, 4) is 33.6 Å². The van der Waals surface area contributed by atoms with Gasteiger partial charge in [0.2, 0.25) is 0 Å². The van der Waals surface area contributed by atoms with Crippen molar-refractivity contribution in [1.29, 1.82) is 0 Å². The van der Waals surface area contributed by atoms with Crippen LogP contribution in [0.5, 0.6) is 0 Å². The van der Waals surface area contributed by atoms with Crippen molar-refractivity contribution < 1.29 is 28.9 Å². The third-order valence-electron chi connectivity index (χ3n) is 8.89. The molecule has 4 aromatic carbocycles. The second-order valence-corrected chi connectivity index (χ2v) is 20.5. The van der Waals surface area contributed by atoms with E-state index in [-0.39, 0.29) is 31.3 Å². The summed E-state index contributed by atoms with van der Waals surface area (Å²) in [6.07, 6.45) is 4.99. The van der Waals surface area contributed by atoms with Crippen LogP contribution in [0.25, 0.3) is 55.6 Å². The number of nitrogens with zero attached hydrogens (tertiary/aromatic N) is 2. The molecule has 0 N–H and O–H groups in total. The van der Waals surface area contributed by atoms with Crippen LogP contribution in [0.2, 0.25) is 19.6 Å². The monoisotopic (exact) mass is 869 g/mol. The molecule has 263 valence electrons. The van der Waals surface area contributed by atoms with Gasteiger partial charge in [-0.3, -0.25) is 4.39 Å². The van der Waals surface area contributed by atoms with E-state index in [0.717, 1.165) is 28.6 Å². The minimum atomic E-state index is -1.37. The van der Waals surface area contributed by atoms with E-state index in [1.807, 2.05) is 54.6 Å². The molecule has 0 aliphatic rings. The van der Waals surface area contributed by atoms with Crippen LogP contribution < -0.4 is 5.19 Å². The number of benzene rings is 4. The third-order valence-corrected chi connectivity index (χ3v) is 11.0. The zero-order valence-electron chi connectivity index (χ0n) is 31.0. The van der Waals surface area contributed by atoms with E-state index >= 15 is 0 Å². The number of fused-ring (bicyclic) bond motifs is 3. The molecule has 6 heteroatoms. The van der Waals surface area contributed by atoms with E-state index in [9.17, 15) is 4.39 Å². The summed E-state index contributed by atoms with van der Waals surface area (Å²) >= 11 is 0. The first-order chi connectivity index (χ1) is 23.7. The maximum absolute atomic E-state index is 14.6. The van der Waals surface area contributed by atoms with Crippen LogP contribution in [0.1, 0.15) is 43.0 Å². The molecule has 0 fully saturated rings. The fraction of sp³-hybridized carbons (Fsp3) is 0.244. The van der Waals surface area contributed by atoms with Gasteiger partial charge >= 0.3 is 0 Å². The fourth-order valence-corrected chi connectivity index (χ4v) is 8.45. The van der Waals surface area contributed by atoms with Gasteiger partial charge in [0.05, 0.1) is 13.7 Å². The van der Waals surface area contributed by atoms with Gasteiger partial charge in [0.25, 0.3) is 0 Å². The molecule has 7 rings (SSSR count). The fourth-order valence-electron chi connectivity index (χ4n) is 6.87. The van der Waals surface area contributed by atoms with Gasteiger partial charge in [-0.15, -0.1) is 48.0 Å². The maximum Gasteiger partial charge on any atom is 0.121 e. The van der Waals surface area contributed by atoms with Crippen molar-refractivity contribution in [3.63, 3.8) is 0 Å². The Bertz CT molecular complexity index is 2290. The zero-order valence-corrected chi connectivity index (χ0v) is 34.4. The van der Waals surface area contributed by atoms with E-state index < -0.39 is 8.07 Å². The van der Waals surface area contributed by atoms with Gasteiger partial charge in [-0.05, 0) is 89.0 Å². The first-order valence-corrected chi connectivity index (χ1v) is 20.7. The molecule has 3 aromatic heterocycles. The summed E-state index contributed by atoms with van der Waals surface area (Å²) in [6, 6.07) is 33.9. The summed E-state index contributed by atoms with van der Waals surface area (Å²) < 4.78 is 20.6. The Morgan fingerprint density at radius 3 is 2.20 bits per heavy atom. The number of halogens is 1. The molecule has 3 heterocycles. The molecule has 0 aliphatic carbocycles. The normalized spacial score (nSPS) is 11.6. The molecule has 0 atom stereocenters. The Balaban J connectivity index is 0.000000205. The van der Waals surface area contributed by atoms with Crippen LogP contribution in [0.15, 0.2) is 102 Å². The third kappa shape index (κ3) is 8.47. The van der Waals surface area contributed by atoms with Crippen LogP contribution in [0.3, 0.4) is 0 Å². The Hall–Kier alpha value is -4.22. The molecule has 3 nitrogen and oxygen atoms in total. The summed E-state index contributed by atoms with van der Waals surface area (Å²) in [5, 5.41) is 2.72. The summed E-state index contributed by atoms with van der Waals surface area (Å²) in [5.41, 5.74) is 12.3. The number of hydrogen-bond acceptors (Lipinski definition) is 3. The van der Waals surface area contributed by atoms with Gasteiger partial charge in [-0.25, -0.2) is 0 Å². The standard InChI is InChI=1S/C26H19FNO.C19H26NSi.Ir/c1-15-12-16(2)24(17(3)13-15)18-10-11-28-22(14-18)19-8-9-21(27)25-20-6-4-5-7-23(20)29-26(19)25;1-19(2,3)13-16-12-17(15-10-8-7-9-11-15)20-14-18(16)21(4,5)6;/h4-7,9-14H,1-3H3;7-10,12,14H,13H2,1-6H3;/q2*-1;. The second kappa shape index (κ2) is 15.2. The Morgan fingerprint density at radius 2 is 1.53 bits per heavy atom. The summed E-state index contributed by atoms with van der Waals surface area (Å²) in [7, 11) is -1.37. The molecule has 1 radical (unpaired) electrons. The van der Waals surface area contributed by atoms with E-state index in [1.54, 1.807) is 6.20 Å². The van der Waals surface area contributed by atoms with E-state index in [4.69, 9.17) is 9.40 Å². The van der Waals surface area contributed by atoms with Crippen molar-refractivity contribution in [2.24, 2.45) is 5.41 Å². The number of furan rings is 1. The van der Waals surface area contributed by atoms with E-state index in [1.165, 1.54) is 39.1 Å². The molecule has 0 saturated heterocycles. The average molecular weight is 869 g/mol. The minimum Gasteiger partial charge on any atom is -0.500 e. The number of para-hydroxylation sites is 1. The van der Waals surface area contributed by atoms with Crippen molar-refractivity contribution in [3.05, 3.63) is 138 Å². The van der Waals surface area contributed by atoms with Crippen molar-refractivity contribution >= 4 is 35.2 Å². The van der Waals surface area contributed by atoms with Gasteiger partial charge in [-0.1, -0.05) is 99.6 Å². The average Bonchev–Trinajstić information content (AvgIpc) is 3.45. The molecule has 0 saturated carbocycles. The first-order valence-electron chi connectivity index (χ1n) is 17.2. The quantitative estimate of drug-likeness (QED) is 0.128. The van der Waals surface area contributed by atoms with Gasteiger partial charge in [0.15, 0.2) is 0 Å². The summed E-state index contributed by atoms with van der Waals surface area (Å²) in [4.78, 5) is 9.26. The van der Waals surface area contributed by atoms with Crippen molar-refractivity contribution in [2.45, 2.75) is 67.6 Å².